The molecule has 3 aromatic rings. The summed E-state index contributed by atoms with van der Waals surface area (Å²) in [6.07, 6.45) is 2.99. The molecule has 0 atom stereocenters. The first-order valence-electron chi connectivity index (χ1n) is 7.59. The number of nitrogens with one attached hydrogen (secondary N) is 1. The SMILES string of the molecule is N#Cc1ccncc1-c1ccc([N+](=O)[O-])c(Nc2ccc(CO)cc2)n1. The number of aliphatic hydroxyl groups is 1. The van der Waals surface area contributed by atoms with Crippen LogP contribution in [0.1, 0.15) is 11.1 Å². The third-order valence-corrected chi connectivity index (χ3v) is 3.69. The van der Waals surface area contributed by atoms with Gasteiger partial charge in [0, 0.05) is 29.7 Å². The average Bonchev–Trinajstić information content (AvgIpc) is 2.68. The molecule has 8 heteroatoms. The van der Waals surface area contributed by atoms with Crippen molar-refractivity contribution in [2.45, 2.75) is 6.61 Å². The highest BCUT2D eigenvalue weighted by molar-refractivity contribution is 5.73. The van der Waals surface area contributed by atoms with Crippen molar-refractivity contribution in [3.05, 3.63) is 76.1 Å². The highest BCUT2D eigenvalue weighted by atomic mass is 16.6. The normalized spacial score (nSPS) is 10.2. The van der Waals surface area contributed by atoms with Crippen molar-refractivity contribution in [2.75, 3.05) is 5.32 Å². The van der Waals surface area contributed by atoms with Gasteiger partial charge in [0.1, 0.15) is 0 Å². The van der Waals surface area contributed by atoms with Gasteiger partial charge in [0.2, 0.25) is 5.82 Å². The summed E-state index contributed by atoms with van der Waals surface area (Å²) in [5, 5.41) is 32.5. The van der Waals surface area contributed by atoms with E-state index in [1.807, 2.05) is 0 Å². The van der Waals surface area contributed by atoms with Crippen LogP contribution in [0.3, 0.4) is 0 Å². The molecule has 0 unspecified atom stereocenters. The molecule has 0 saturated carbocycles. The molecule has 3 rings (SSSR count). The van der Waals surface area contributed by atoms with Gasteiger partial charge in [-0.2, -0.15) is 5.26 Å². The molecule has 0 spiro atoms. The van der Waals surface area contributed by atoms with Crippen LogP contribution in [0, 0.1) is 21.4 Å². The minimum Gasteiger partial charge on any atom is -0.392 e. The van der Waals surface area contributed by atoms with Gasteiger partial charge in [0.05, 0.1) is 28.9 Å². The maximum atomic E-state index is 11.3. The predicted molar refractivity (Wildman–Crippen MR) is 94.5 cm³/mol. The van der Waals surface area contributed by atoms with E-state index >= 15 is 0 Å². The smallest absolute Gasteiger partial charge is 0.311 e. The van der Waals surface area contributed by atoms with Gasteiger partial charge in [-0.05, 0) is 29.8 Å². The highest BCUT2D eigenvalue weighted by Crippen LogP contribution is 2.30. The van der Waals surface area contributed by atoms with Gasteiger partial charge < -0.3 is 10.4 Å². The molecule has 2 N–H and O–H groups in total. The molecule has 8 nitrogen and oxygen atoms in total. The molecular formula is C18H13N5O3. The van der Waals surface area contributed by atoms with Crippen LogP contribution in [0.15, 0.2) is 54.9 Å². The minimum atomic E-state index is -0.532. The number of rotatable bonds is 5. The Hall–Kier alpha value is -3.83. The molecule has 0 aliphatic rings. The molecular weight excluding hydrogens is 334 g/mol. The summed E-state index contributed by atoms with van der Waals surface area (Å²) in [5.74, 6) is 0.0528. The van der Waals surface area contributed by atoms with Crippen LogP contribution < -0.4 is 5.32 Å². The highest BCUT2D eigenvalue weighted by Gasteiger charge is 2.18. The van der Waals surface area contributed by atoms with Gasteiger partial charge >= 0.3 is 5.69 Å². The second-order valence-corrected chi connectivity index (χ2v) is 5.33. The number of benzene rings is 1. The summed E-state index contributed by atoms with van der Waals surface area (Å²) >= 11 is 0. The zero-order valence-corrected chi connectivity index (χ0v) is 13.5. The number of hydrogen-bond acceptors (Lipinski definition) is 7. The summed E-state index contributed by atoms with van der Waals surface area (Å²) in [7, 11) is 0. The van der Waals surface area contributed by atoms with Gasteiger partial charge in [0.15, 0.2) is 0 Å². The first kappa shape index (κ1) is 17.0. The number of anilines is 2. The quantitative estimate of drug-likeness (QED) is 0.536. The van der Waals surface area contributed by atoms with E-state index in [0.717, 1.165) is 5.56 Å². The monoisotopic (exact) mass is 347 g/mol. The Labute approximate surface area is 148 Å². The molecule has 0 radical (unpaired) electrons. The van der Waals surface area contributed by atoms with Crippen LogP contribution in [0.25, 0.3) is 11.3 Å². The van der Waals surface area contributed by atoms with Crippen LogP contribution in [0.2, 0.25) is 0 Å². The number of nitro groups is 1. The largest absolute Gasteiger partial charge is 0.392 e. The minimum absolute atomic E-state index is 0.0528. The summed E-state index contributed by atoms with van der Waals surface area (Å²) in [6.45, 7) is -0.0912. The van der Waals surface area contributed by atoms with Crippen molar-refractivity contribution in [2.24, 2.45) is 0 Å². The standard InChI is InChI=1S/C18H13N5O3/c19-9-13-7-8-20-10-15(13)16-5-6-17(23(25)26)18(22-16)21-14-3-1-12(11-24)2-4-14/h1-8,10,24H,11H2,(H,21,22). The summed E-state index contributed by atoms with van der Waals surface area (Å²) < 4.78 is 0. The summed E-state index contributed by atoms with van der Waals surface area (Å²) in [6, 6.07) is 13.2. The molecule has 1 aromatic carbocycles. The molecule has 2 heterocycles. The van der Waals surface area contributed by atoms with E-state index in [4.69, 9.17) is 5.11 Å². The van der Waals surface area contributed by atoms with E-state index in [0.29, 0.717) is 22.5 Å². The van der Waals surface area contributed by atoms with Crippen molar-refractivity contribution in [1.29, 1.82) is 5.26 Å². The Morgan fingerprint density at radius 2 is 1.96 bits per heavy atom. The fourth-order valence-electron chi connectivity index (χ4n) is 2.37. The average molecular weight is 347 g/mol. The molecule has 26 heavy (non-hydrogen) atoms. The first-order chi connectivity index (χ1) is 12.6. The Kier molecular flexibility index (Phi) is 4.83. The number of hydrogen-bond donors (Lipinski definition) is 2. The zero-order valence-electron chi connectivity index (χ0n) is 13.5. The fourth-order valence-corrected chi connectivity index (χ4v) is 2.37. The van der Waals surface area contributed by atoms with E-state index in [-0.39, 0.29) is 18.1 Å². The van der Waals surface area contributed by atoms with Crippen molar-refractivity contribution < 1.29 is 10.0 Å². The van der Waals surface area contributed by atoms with Gasteiger partial charge in [-0.1, -0.05) is 12.1 Å². The number of aliphatic hydroxyl groups excluding tert-OH is 1. The van der Waals surface area contributed by atoms with E-state index in [9.17, 15) is 15.4 Å². The van der Waals surface area contributed by atoms with E-state index in [2.05, 4.69) is 21.4 Å². The van der Waals surface area contributed by atoms with Gasteiger partial charge in [-0.3, -0.25) is 15.1 Å². The van der Waals surface area contributed by atoms with Crippen molar-refractivity contribution >= 4 is 17.2 Å². The Morgan fingerprint density at radius 3 is 2.62 bits per heavy atom. The fraction of sp³-hybridized carbons (Fsp3) is 0.0556. The Bertz CT molecular complexity index is 996. The van der Waals surface area contributed by atoms with Crippen LogP contribution in [0.5, 0.6) is 0 Å². The summed E-state index contributed by atoms with van der Waals surface area (Å²) in [5.41, 5.74) is 2.38. The third-order valence-electron chi connectivity index (χ3n) is 3.69. The lowest BCUT2D eigenvalue weighted by Gasteiger charge is -2.09. The molecule has 0 aliphatic heterocycles. The van der Waals surface area contributed by atoms with Gasteiger partial charge in [-0.15, -0.1) is 0 Å². The third kappa shape index (κ3) is 3.48. The molecule has 128 valence electrons. The molecule has 0 aliphatic carbocycles. The molecule has 0 bridgehead atoms. The molecule has 0 fully saturated rings. The molecule has 0 amide bonds. The van der Waals surface area contributed by atoms with Gasteiger partial charge in [-0.25, -0.2) is 4.98 Å². The first-order valence-corrected chi connectivity index (χ1v) is 7.59. The zero-order chi connectivity index (χ0) is 18.5. The van der Waals surface area contributed by atoms with E-state index in [1.54, 1.807) is 30.3 Å². The van der Waals surface area contributed by atoms with Crippen LogP contribution in [-0.2, 0) is 6.61 Å². The predicted octanol–water partition coefficient (Wildman–Crippen LogP) is 3.16. The van der Waals surface area contributed by atoms with Crippen molar-refractivity contribution in [3.8, 4) is 17.3 Å². The number of nitriles is 1. The second kappa shape index (κ2) is 7.38. The molecule has 2 aromatic heterocycles. The van der Waals surface area contributed by atoms with Crippen LogP contribution in [-0.4, -0.2) is 20.0 Å². The maximum absolute atomic E-state index is 11.3. The lowest BCUT2D eigenvalue weighted by atomic mass is 10.1. The van der Waals surface area contributed by atoms with Gasteiger partial charge in [0.25, 0.3) is 0 Å². The van der Waals surface area contributed by atoms with Crippen LogP contribution >= 0.6 is 0 Å². The lowest BCUT2D eigenvalue weighted by Crippen LogP contribution is -2.01. The van der Waals surface area contributed by atoms with Crippen molar-refractivity contribution in [3.63, 3.8) is 0 Å². The van der Waals surface area contributed by atoms with Crippen LogP contribution in [0.4, 0.5) is 17.2 Å². The number of pyridine rings is 2. The Morgan fingerprint density at radius 1 is 1.19 bits per heavy atom. The second-order valence-electron chi connectivity index (χ2n) is 5.33. The van der Waals surface area contributed by atoms with E-state index < -0.39 is 4.92 Å². The molecule has 0 saturated heterocycles. The number of aromatic nitrogens is 2. The lowest BCUT2D eigenvalue weighted by molar-refractivity contribution is -0.384. The Balaban J connectivity index is 2.04. The topological polar surface area (TPSA) is 125 Å². The summed E-state index contributed by atoms with van der Waals surface area (Å²) in [4.78, 5) is 19.1. The maximum Gasteiger partial charge on any atom is 0.311 e. The van der Waals surface area contributed by atoms with E-state index in [1.165, 1.54) is 24.5 Å². The van der Waals surface area contributed by atoms with Crippen molar-refractivity contribution in [1.82, 2.24) is 9.97 Å². The number of nitrogens with zero attached hydrogens (tertiary/aromatic N) is 4.